The van der Waals surface area contributed by atoms with Crippen molar-refractivity contribution in [2.45, 2.75) is 25.9 Å². The molecule has 1 atom stereocenters. The first-order valence-electron chi connectivity index (χ1n) is 2.83. The molecule has 0 amide bonds. The van der Waals surface area contributed by atoms with E-state index in [-0.39, 0.29) is 12.2 Å². The molecule has 52 valence electrons. The lowest BCUT2D eigenvalue weighted by atomic mass is 10.0. The van der Waals surface area contributed by atoms with E-state index in [9.17, 15) is 4.79 Å². The van der Waals surface area contributed by atoms with Crippen molar-refractivity contribution in [3.8, 4) is 0 Å². The first-order chi connectivity index (χ1) is 3.98. The monoisotopic (exact) mass is 128 g/mol. The zero-order chi connectivity index (χ0) is 7.49. The Morgan fingerprint density at radius 2 is 2.33 bits per heavy atom. The molecule has 0 rings (SSSR count). The van der Waals surface area contributed by atoms with Gasteiger partial charge in [0.25, 0.3) is 0 Å². The van der Waals surface area contributed by atoms with Gasteiger partial charge in [-0.15, -0.1) is 6.58 Å². The fraction of sp³-hybridized carbons (Fsp3) is 0.571. The lowest BCUT2D eigenvalue weighted by molar-refractivity contribution is -0.119. The highest BCUT2D eigenvalue weighted by atomic mass is 16.3. The molecule has 0 radical (unpaired) electrons. The van der Waals surface area contributed by atoms with Gasteiger partial charge in [-0.3, -0.25) is 4.79 Å². The molecule has 0 aliphatic heterocycles. The number of rotatable bonds is 3. The summed E-state index contributed by atoms with van der Waals surface area (Å²) in [6, 6.07) is 0. The molecule has 0 heterocycles. The number of aliphatic hydroxyl groups is 1. The molecule has 0 aromatic rings. The van der Waals surface area contributed by atoms with Gasteiger partial charge in [-0.2, -0.15) is 0 Å². The SMILES string of the molecule is C=CC(C)(O)CC(C)=O. The average Bonchev–Trinajstić information content (AvgIpc) is 1.63. The van der Waals surface area contributed by atoms with Gasteiger partial charge in [-0.25, -0.2) is 0 Å². The molecular formula is C7H12O2. The highest BCUT2D eigenvalue weighted by Gasteiger charge is 2.16. The second-order valence-electron chi connectivity index (χ2n) is 2.44. The molecule has 0 saturated heterocycles. The van der Waals surface area contributed by atoms with Crippen molar-refractivity contribution in [3.63, 3.8) is 0 Å². The molecule has 0 aromatic heterocycles. The highest BCUT2D eigenvalue weighted by molar-refractivity contribution is 5.76. The van der Waals surface area contributed by atoms with Crippen LogP contribution < -0.4 is 0 Å². The summed E-state index contributed by atoms with van der Waals surface area (Å²) in [6.07, 6.45) is 1.52. The summed E-state index contributed by atoms with van der Waals surface area (Å²) in [6.45, 7) is 6.38. The largest absolute Gasteiger partial charge is 0.386 e. The van der Waals surface area contributed by atoms with Crippen LogP contribution in [0.25, 0.3) is 0 Å². The van der Waals surface area contributed by atoms with Gasteiger partial charge in [-0.05, 0) is 13.8 Å². The number of hydrogen-bond acceptors (Lipinski definition) is 2. The third-order valence-corrected chi connectivity index (χ3v) is 1.05. The van der Waals surface area contributed by atoms with Crippen LogP contribution in [0.1, 0.15) is 20.3 Å². The van der Waals surface area contributed by atoms with E-state index in [4.69, 9.17) is 5.11 Å². The second-order valence-corrected chi connectivity index (χ2v) is 2.44. The predicted molar refractivity (Wildman–Crippen MR) is 36.1 cm³/mol. The quantitative estimate of drug-likeness (QED) is 0.573. The van der Waals surface area contributed by atoms with Gasteiger partial charge in [0.1, 0.15) is 5.78 Å². The number of Topliss-reactive ketones (excluding diaryl/α,β-unsaturated/α-hetero) is 1. The van der Waals surface area contributed by atoms with Crippen molar-refractivity contribution < 1.29 is 9.90 Å². The van der Waals surface area contributed by atoms with Crippen LogP contribution in [0.15, 0.2) is 12.7 Å². The van der Waals surface area contributed by atoms with Crippen molar-refractivity contribution in [3.05, 3.63) is 12.7 Å². The summed E-state index contributed by atoms with van der Waals surface area (Å²) in [4.78, 5) is 10.4. The summed E-state index contributed by atoms with van der Waals surface area (Å²) in [5.41, 5.74) is -1.02. The molecule has 1 unspecified atom stereocenters. The number of carbonyl (C=O) groups excluding carboxylic acids is 1. The van der Waals surface area contributed by atoms with Crippen LogP contribution in [-0.2, 0) is 4.79 Å². The smallest absolute Gasteiger partial charge is 0.133 e. The minimum absolute atomic E-state index is 0.0279. The zero-order valence-corrected chi connectivity index (χ0v) is 5.85. The third kappa shape index (κ3) is 3.91. The lowest BCUT2D eigenvalue weighted by Crippen LogP contribution is -2.23. The Bertz CT molecular complexity index is 125. The zero-order valence-electron chi connectivity index (χ0n) is 5.85. The second kappa shape index (κ2) is 2.78. The summed E-state index contributed by atoms with van der Waals surface area (Å²) in [5, 5.41) is 9.15. The van der Waals surface area contributed by atoms with E-state index in [1.807, 2.05) is 0 Å². The Morgan fingerprint density at radius 3 is 2.44 bits per heavy atom. The first kappa shape index (κ1) is 8.37. The standard InChI is InChI=1S/C7H12O2/c1-4-7(3,9)5-6(2)8/h4,9H,1,5H2,2-3H3. The first-order valence-corrected chi connectivity index (χ1v) is 2.83. The van der Waals surface area contributed by atoms with Gasteiger partial charge in [0, 0.05) is 6.42 Å². The van der Waals surface area contributed by atoms with E-state index >= 15 is 0 Å². The summed E-state index contributed by atoms with van der Waals surface area (Å²) >= 11 is 0. The van der Waals surface area contributed by atoms with E-state index in [2.05, 4.69) is 6.58 Å². The van der Waals surface area contributed by atoms with Crippen molar-refractivity contribution in [1.82, 2.24) is 0 Å². The average molecular weight is 128 g/mol. The van der Waals surface area contributed by atoms with E-state index in [1.165, 1.54) is 13.0 Å². The van der Waals surface area contributed by atoms with Gasteiger partial charge in [0.05, 0.1) is 5.60 Å². The van der Waals surface area contributed by atoms with Crippen molar-refractivity contribution >= 4 is 5.78 Å². The molecule has 2 nitrogen and oxygen atoms in total. The molecule has 0 fully saturated rings. The molecule has 0 spiro atoms. The Kier molecular flexibility index (Phi) is 2.59. The van der Waals surface area contributed by atoms with E-state index < -0.39 is 5.60 Å². The van der Waals surface area contributed by atoms with E-state index in [0.29, 0.717) is 0 Å². The van der Waals surface area contributed by atoms with Crippen molar-refractivity contribution in [2.24, 2.45) is 0 Å². The maximum Gasteiger partial charge on any atom is 0.133 e. The minimum atomic E-state index is -1.02. The Hall–Kier alpha value is -0.630. The lowest BCUT2D eigenvalue weighted by Gasteiger charge is -2.15. The Balaban J connectivity index is 3.86. The molecule has 0 aliphatic rings. The van der Waals surface area contributed by atoms with Gasteiger partial charge >= 0.3 is 0 Å². The normalized spacial score (nSPS) is 16.3. The van der Waals surface area contributed by atoms with Gasteiger partial charge in [-0.1, -0.05) is 6.08 Å². The summed E-state index contributed by atoms with van der Waals surface area (Å²) in [5.74, 6) is -0.0279. The summed E-state index contributed by atoms with van der Waals surface area (Å²) < 4.78 is 0. The number of ketones is 1. The maximum atomic E-state index is 10.4. The fourth-order valence-corrected chi connectivity index (χ4v) is 0.576. The van der Waals surface area contributed by atoms with Crippen molar-refractivity contribution in [1.29, 1.82) is 0 Å². The van der Waals surface area contributed by atoms with E-state index in [0.717, 1.165) is 0 Å². The van der Waals surface area contributed by atoms with Crippen LogP contribution in [0.5, 0.6) is 0 Å². The number of carbonyl (C=O) groups is 1. The van der Waals surface area contributed by atoms with Crippen LogP contribution in [0, 0.1) is 0 Å². The Morgan fingerprint density at radius 1 is 1.89 bits per heavy atom. The van der Waals surface area contributed by atoms with Gasteiger partial charge < -0.3 is 5.11 Å². The molecule has 2 heteroatoms. The minimum Gasteiger partial charge on any atom is -0.386 e. The van der Waals surface area contributed by atoms with Crippen LogP contribution in [-0.4, -0.2) is 16.5 Å². The maximum absolute atomic E-state index is 10.4. The molecule has 9 heavy (non-hydrogen) atoms. The predicted octanol–water partition coefficient (Wildman–Crippen LogP) is 0.902. The van der Waals surface area contributed by atoms with Gasteiger partial charge in [0.15, 0.2) is 0 Å². The van der Waals surface area contributed by atoms with Crippen LogP contribution in [0.4, 0.5) is 0 Å². The fourth-order valence-electron chi connectivity index (χ4n) is 0.576. The highest BCUT2D eigenvalue weighted by Crippen LogP contribution is 2.09. The topological polar surface area (TPSA) is 37.3 Å². The van der Waals surface area contributed by atoms with Crippen LogP contribution >= 0.6 is 0 Å². The molecule has 1 N–H and O–H groups in total. The van der Waals surface area contributed by atoms with Crippen LogP contribution in [0.3, 0.4) is 0 Å². The molecule has 0 aliphatic carbocycles. The van der Waals surface area contributed by atoms with Crippen LogP contribution in [0.2, 0.25) is 0 Å². The molecule has 0 bridgehead atoms. The third-order valence-electron chi connectivity index (χ3n) is 1.05. The molecule has 0 saturated carbocycles. The molecule has 0 aromatic carbocycles. The van der Waals surface area contributed by atoms with Gasteiger partial charge in [0.2, 0.25) is 0 Å². The Labute approximate surface area is 55.2 Å². The number of hydrogen-bond donors (Lipinski definition) is 1. The van der Waals surface area contributed by atoms with Crippen molar-refractivity contribution in [2.75, 3.05) is 0 Å². The van der Waals surface area contributed by atoms with E-state index in [1.54, 1.807) is 6.92 Å². The molecular weight excluding hydrogens is 116 g/mol. The summed E-state index contributed by atoms with van der Waals surface area (Å²) in [7, 11) is 0.